The highest BCUT2D eigenvalue weighted by molar-refractivity contribution is 6.26. The zero-order valence-electron chi connectivity index (χ0n) is 26.8. The lowest BCUT2D eigenvalue weighted by molar-refractivity contribution is -0.162. The molecule has 5 rings (SSSR count). The summed E-state index contributed by atoms with van der Waals surface area (Å²) in [4.78, 5) is 40.8. The maximum absolute atomic E-state index is 14.8. The second-order valence-electron chi connectivity index (χ2n) is 14.5. The molecule has 0 unspecified atom stereocenters. The molecule has 0 aromatic rings. The number of hydrogen-bond acceptors (Lipinski definition) is 6. The van der Waals surface area contributed by atoms with Gasteiger partial charge in [-0.1, -0.05) is 67.4 Å². The first kappa shape index (κ1) is 30.6. The fourth-order valence-electron chi connectivity index (χ4n) is 9.60. The Labute approximate surface area is 251 Å². The molecule has 0 radical (unpaired) electrons. The van der Waals surface area contributed by atoms with Crippen molar-refractivity contribution >= 4 is 17.7 Å². The minimum absolute atomic E-state index is 0.0417. The first-order valence-corrected chi connectivity index (χ1v) is 15.7. The maximum Gasteiger partial charge on any atom is 0.346 e. The Morgan fingerprint density at radius 1 is 1.02 bits per heavy atom. The Balaban J connectivity index is 1.80. The van der Waals surface area contributed by atoms with Gasteiger partial charge in [0.2, 0.25) is 5.78 Å². The number of aliphatic hydroxyl groups excluding tert-OH is 1. The Morgan fingerprint density at radius 2 is 1.71 bits per heavy atom. The van der Waals surface area contributed by atoms with E-state index < -0.39 is 28.2 Å². The van der Waals surface area contributed by atoms with E-state index >= 15 is 0 Å². The molecule has 6 nitrogen and oxygen atoms in total. The normalized spacial score (nSPS) is 42.2. The lowest BCUT2D eigenvalue weighted by atomic mass is 9.49. The summed E-state index contributed by atoms with van der Waals surface area (Å²) in [7, 11) is 0. The minimum atomic E-state index is -1.42. The van der Waals surface area contributed by atoms with E-state index in [1.807, 2.05) is 13.8 Å². The summed E-state index contributed by atoms with van der Waals surface area (Å²) in [6, 6.07) is 0. The lowest BCUT2D eigenvalue weighted by Gasteiger charge is -2.56. The zero-order chi connectivity index (χ0) is 30.9. The van der Waals surface area contributed by atoms with Gasteiger partial charge in [-0.05, 0) is 78.1 Å². The molecule has 4 aliphatic carbocycles. The van der Waals surface area contributed by atoms with Crippen molar-refractivity contribution in [3.8, 4) is 0 Å². The van der Waals surface area contributed by atoms with Crippen LogP contribution in [0.1, 0.15) is 94.4 Å². The fourth-order valence-corrected chi connectivity index (χ4v) is 9.60. The van der Waals surface area contributed by atoms with Crippen LogP contribution in [0.15, 0.2) is 57.9 Å². The van der Waals surface area contributed by atoms with Crippen molar-refractivity contribution < 1.29 is 29.0 Å². The third-order valence-corrected chi connectivity index (χ3v) is 11.5. The summed E-state index contributed by atoms with van der Waals surface area (Å²) in [6.07, 6.45) is 11.9. The highest BCUT2D eigenvalue weighted by Gasteiger charge is 2.66. The number of aliphatic hydroxyl groups is 1. The number of ketones is 1. The third-order valence-electron chi connectivity index (χ3n) is 11.5. The highest BCUT2D eigenvalue weighted by Crippen LogP contribution is 2.62. The number of carbonyl (C=O) groups excluding carboxylic acids is 3. The van der Waals surface area contributed by atoms with Gasteiger partial charge in [0.1, 0.15) is 17.4 Å². The van der Waals surface area contributed by atoms with Crippen molar-refractivity contribution in [2.75, 3.05) is 0 Å². The molecular weight excluding hydrogens is 528 g/mol. The number of allylic oxidation sites excluding steroid dienone is 6. The summed E-state index contributed by atoms with van der Waals surface area (Å²) in [5.74, 6) is -2.01. The molecule has 1 saturated carbocycles. The van der Waals surface area contributed by atoms with E-state index in [2.05, 4.69) is 65.8 Å². The molecule has 0 aromatic heterocycles. The van der Waals surface area contributed by atoms with E-state index in [4.69, 9.17) is 9.47 Å². The Morgan fingerprint density at radius 3 is 2.38 bits per heavy atom. The number of esters is 2. The Hall–Kier alpha value is -2.89. The molecule has 1 N–H and O–H groups in total. The van der Waals surface area contributed by atoms with Gasteiger partial charge >= 0.3 is 11.9 Å². The average molecular weight is 577 g/mol. The van der Waals surface area contributed by atoms with Crippen molar-refractivity contribution in [1.82, 2.24) is 0 Å². The van der Waals surface area contributed by atoms with Gasteiger partial charge in [-0.15, -0.1) is 0 Å². The average Bonchev–Trinajstić information content (AvgIpc) is 3.13. The monoisotopic (exact) mass is 576 g/mol. The molecule has 0 aromatic carbocycles. The first-order valence-electron chi connectivity index (χ1n) is 15.7. The van der Waals surface area contributed by atoms with Gasteiger partial charge in [0, 0.05) is 30.6 Å². The summed E-state index contributed by atoms with van der Waals surface area (Å²) in [6.45, 7) is 18.0. The largest absolute Gasteiger partial charge is 0.511 e. The standard InChI is InChI=1S/C36H48O6/c1-19-11-10-12-20(2)29-22(4)15-26-27(41-25(7)37)14-13-21(3)30(26)35(29,9)31(38)28-32(39)36(42-33(28)40)18-24(6)23(5)17-34(36,8)16-19/h12,15-17,21,24,26-27,29-30,38H,10-11,13-14,18H2,1-9H3/t21-,24+,26+,27-,29+,30+,34+,35+,36+/m0/s1. The summed E-state index contributed by atoms with van der Waals surface area (Å²) in [5, 5.41) is 12.5. The van der Waals surface area contributed by atoms with E-state index in [1.165, 1.54) is 6.92 Å². The third kappa shape index (κ3) is 4.38. The predicted octanol–water partition coefficient (Wildman–Crippen LogP) is 7.52. The number of rotatable bonds is 1. The van der Waals surface area contributed by atoms with Crippen molar-refractivity contribution in [1.29, 1.82) is 0 Å². The molecule has 1 aliphatic heterocycles. The van der Waals surface area contributed by atoms with Crippen LogP contribution >= 0.6 is 0 Å². The summed E-state index contributed by atoms with van der Waals surface area (Å²) >= 11 is 0. The SMILES string of the molecule is CC(=O)O[C@H]1CC[C@H](C)[C@@H]2[C@@H]1C=C(C)[C@H]1C(C)=CCCC(C)=C[C@]3(C)C=C(C)[C@H](C)C[C@]34OC(=O)C(=C(O)[C@]12C)C4=O. The summed E-state index contributed by atoms with van der Waals surface area (Å²) < 4.78 is 12.1. The first-order chi connectivity index (χ1) is 19.6. The lowest BCUT2D eigenvalue weighted by Crippen LogP contribution is -2.54. The molecule has 5 aliphatic rings. The topological polar surface area (TPSA) is 89.9 Å². The molecule has 228 valence electrons. The van der Waals surface area contributed by atoms with Gasteiger partial charge < -0.3 is 14.6 Å². The zero-order valence-corrected chi connectivity index (χ0v) is 26.8. The molecule has 1 heterocycles. The molecule has 1 spiro atoms. The van der Waals surface area contributed by atoms with Crippen LogP contribution in [0.25, 0.3) is 0 Å². The van der Waals surface area contributed by atoms with E-state index in [1.54, 1.807) is 0 Å². The number of carbonyl (C=O) groups is 3. The van der Waals surface area contributed by atoms with Crippen molar-refractivity contribution in [2.45, 2.75) is 106 Å². The van der Waals surface area contributed by atoms with Gasteiger partial charge in [0.15, 0.2) is 5.60 Å². The van der Waals surface area contributed by atoms with Gasteiger partial charge in [0.25, 0.3) is 0 Å². The molecule has 2 fully saturated rings. The van der Waals surface area contributed by atoms with Gasteiger partial charge in [-0.2, -0.15) is 0 Å². The van der Waals surface area contributed by atoms with Gasteiger partial charge in [-0.25, -0.2) is 4.79 Å². The van der Waals surface area contributed by atoms with Gasteiger partial charge in [-0.3, -0.25) is 9.59 Å². The van der Waals surface area contributed by atoms with Crippen molar-refractivity contribution in [3.05, 3.63) is 57.9 Å². The van der Waals surface area contributed by atoms with E-state index in [0.717, 1.165) is 48.0 Å². The van der Waals surface area contributed by atoms with Crippen LogP contribution < -0.4 is 0 Å². The minimum Gasteiger partial charge on any atom is -0.511 e. The van der Waals surface area contributed by atoms with Crippen LogP contribution in [-0.4, -0.2) is 34.5 Å². The van der Waals surface area contributed by atoms with E-state index in [0.29, 0.717) is 6.42 Å². The van der Waals surface area contributed by atoms with Crippen LogP contribution in [0.4, 0.5) is 0 Å². The van der Waals surface area contributed by atoms with E-state index in [-0.39, 0.29) is 53.0 Å². The number of ether oxygens (including phenoxy) is 2. The predicted molar refractivity (Wildman–Crippen MR) is 162 cm³/mol. The Bertz CT molecular complexity index is 1370. The summed E-state index contributed by atoms with van der Waals surface area (Å²) in [5.41, 5.74) is 0.982. The second-order valence-corrected chi connectivity index (χ2v) is 14.5. The molecule has 2 bridgehead atoms. The molecular formula is C36H48O6. The quantitative estimate of drug-likeness (QED) is 0.197. The number of Topliss-reactive ketones (excluding diaryl/α,β-unsaturated/α-hetero) is 1. The van der Waals surface area contributed by atoms with Crippen LogP contribution in [-0.2, 0) is 23.9 Å². The van der Waals surface area contributed by atoms with Crippen LogP contribution in [0.3, 0.4) is 0 Å². The van der Waals surface area contributed by atoms with Crippen LogP contribution in [0.2, 0.25) is 0 Å². The van der Waals surface area contributed by atoms with Gasteiger partial charge in [0.05, 0.1) is 5.41 Å². The van der Waals surface area contributed by atoms with Crippen molar-refractivity contribution in [3.63, 3.8) is 0 Å². The maximum atomic E-state index is 14.8. The second kappa shape index (κ2) is 10.4. The van der Waals surface area contributed by atoms with E-state index in [9.17, 15) is 19.5 Å². The van der Waals surface area contributed by atoms with Crippen LogP contribution in [0, 0.1) is 40.4 Å². The molecule has 6 heteroatoms. The fraction of sp³-hybridized carbons (Fsp3) is 0.639. The molecule has 0 amide bonds. The molecule has 9 atom stereocenters. The molecule has 42 heavy (non-hydrogen) atoms. The number of hydrogen-bond donors (Lipinski definition) is 1. The highest BCUT2D eigenvalue weighted by atomic mass is 16.6. The molecule has 1 saturated heterocycles. The van der Waals surface area contributed by atoms with Crippen LogP contribution in [0.5, 0.6) is 0 Å². The van der Waals surface area contributed by atoms with Crippen molar-refractivity contribution in [2.24, 2.45) is 40.4 Å². The number of fused-ring (bicyclic) bond motifs is 4. The Kier molecular flexibility index (Phi) is 7.55. The smallest absolute Gasteiger partial charge is 0.346 e.